The number of methoxy groups -OCH3 is 1. The van der Waals surface area contributed by atoms with E-state index in [9.17, 15) is 27.6 Å². The smallest absolute Gasteiger partial charge is 0.418 e. The molecule has 0 spiro atoms. The number of rotatable bonds is 6. The maximum Gasteiger partial charge on any atom is 0.418 e. The highest BCUT2D eigenvalue weighted by Crippen LogP contribution is 2.35. The van der Waals surface area contributed by atoms with Crippen molar-refractivity contribution in [3.63, 3.8) is 0 Å². The number of ether oxygens (including phenoxy) is 1. The monoisotopic (exact) mass is 490 g/mol. The molecule has 0 aliphatic carbocycles. The second kappa shape index (κ2) is 10.5. The fraction of sp³-hybridized carbons (Fsp3) is 0.292. The van der Waals surface area contributed by atoms with Crippen molar-refractivity contribution >= 4 is 29.4 Å². The Morgan fingerprint density at radius 2 is 1.74 bits per heavy atom. The van der Waals surface area contributed by atoms with Crippen molar-refractivity contribution in [3.05, 3.63) is 70.9 Å². The van der Waals surface area contributed by atoms with E-state index >= 15 is 0 Å². The minimum Gasteiger partial charge on any atom is -0.466 e. The molecule has 35 heavy (non-hydrogen) atoms. The van der Waals surface area contributed by atoms with Crippen LogP contribution in [0.15, 0.2) is 59.8 Å². The van der Waals surface area contributed by atoms with Crippen LogP contribution in [0.25, 0.3) is 0 Å². The quantitative estimate of drug-likeness (QED) is 0.480. The van der Waals surface area contributed by atoms with Gasteiger partial charge in [0.25, 0.3) is 0 Å². The summed E-state index contributed by atoms with van der Waals surface area (Å²) in [6.45, 7) is 4.01. The van der Waals surface area contributed by atoms with Gasteiger partial charge in [-0.05, 0) is 43.2 Å². The van der Waals surface area contributed by atoms with Gasteiger partial charge >= 0.3 is 24.2 Å². The first-order valence-corrected chi connectivity index (χ1v) is 10.8. The van der Waals surface area contributed by atoms with E-state index in [-0.39, 0.29) is 17.3 Å². The number of alkyl halides is 3. The molecule has 1 heterocycles. The van der Waals surface area contributed by atoms with Crippen molar-refractivity contribution in [2.75, 3.05) is 24.3 Å². The van der Waals surface area contributed by atoms with Crippen LogP contribution in [0, 0.1) is 0 Å². The number of para-hydroxylation sites is 1. The fourth-order valence-electron chi connectivity index (χ4n) is 3.78. The Balaban J connectivity index is 1.79. The Hall–Kier alpha value is -4.02. The van der Waals surface area contributed by atoms with Crippen LogP contribution in [0.5, 0.6) is 0 Å². The Kier molecular flexibility index (Phi) is 7.68. The summed E-state index contributed by atoms with van der Waals surface area (Å²) in [5, 5.41) is 7.47. The number of nitrogens with zero attached hydrogens (tertiary/aromatic N) is 1. The molecule has 2 aromatic rings. The zero-order valence-electron chi connectivity index (χ0n) is 19.3. The summed E-state index contributed by atoms with van der Waals surface area (Å²) in [6, 6.07) is 8.87. The molecule has 3 N–H and O–H groups in total. The van der Waals surface area contributed by atoms with Crippen molar-refractivity contribution in [1.82, 2.24) is 10.2 Å². The predicted molar refractivity (Wildman–Crippen MR) is 124 cm³/mol. The lowest BCUT2D eigenvalue weighted by Crippen LogP contribution is -2.48. The summed E-state index contributed by atoms with van der Waals surface area (Å²) in [7, 11) is 1.25. The Morgan fingerprint density at radius 1 is 1.09 bits per heavy atom. The zero-order valence-corrected chi connectivity index (χ0v) is 19.3. The van der Waals surface area contributed by atoms with Crippen LogP contribution in [0.2, 0.25) is 0 Å². The summed E-state index contributed by atoms with van der Waals surface area (Å²) in [5.41, 5.74) is 0.278. The number of nitrogens with one attached hydrogen (secondary N) is 3. The molecule has 1 unspecified atom stereocenters. The number of carbonyl (C=O) groups is 3. The fourth-order valence-corrected chi connectivity index (χ4v) is 3.78. The van der Waals surface area contributed by atoms with Crippen molar-refractivity contribution in [1.29, 1.82) is 0 Å². The van der Waals surface area contributed by atoms with Crippen molar-refractivity contribution in [2.45, 2.75) is 32.5 Å². The molecule has 11 heteroatoms. The second-order valence-electron chi connectivity index (χ2n) is 7.77. The summed E-state index contributed by atoms with van der Waals surface area (Å²) >= 11 is 0. The zero-order chi connectivity index (χ0) is 25.8. The number of hydrogen-bond acceptors (Lipinski definition) is 4. The van der Waals surface area contributed by atoms with E-state index in [2.05, 4.69) is 16.0 Å². The van der Waals surface area contributed by atoms with Crippen LogP contribution in [-0.2, 0) is 15.7 Å². The Bertz CT molecular complexity index is 1150. The van der Waals surface area contributed by atoms with E-state index in [1.807, 2.05) is 6.92 Å². The van der Waals surface area contributed by atoms with Crippen LogP contribution in [0.1, 0.15) is 37.4 Å². The molecule has 2 aromatic carbocycles. The molecule has 186 valence electrons. The molecule has 1 aliphatic rings. The summed E-state index contributed by atoms with van der Waals surface area (Å²) in [5.74, 6) is -0.585. The normalized spacial score (nSPS) is 16.0. The lowest BCUT2D eigenvalue weighted by molar-refractivity contribution is -0.137. The van der Waals surface area contributed by atoms with Crippen molar-refractivity contribution in [3.8, 4) is 0 Å². The average Bonchev–Trinajstić information content (AvgIpc) is 2.81. The summed E-state index contributed by atoms with van der Waals surface area (Å²) < 4.78 is 44.3. The van der Waals surface area contributed by atoms with E-state index in [1.165, 1.54) is 36.3 Å². The number of allylic oxidation sites excluding steroid dienone is 1. The number of urea groups is 2. The van der Waals surface area contributed by atoms with Gasteiger partial charge in [-0.2, -0.15) is 13.2 Å². The van der Waals surface area contributed by atoms with Crippen LogP contribution in [0.4, 0.5) is 34.1 Å². The summed E-state index contributed by atoms with van der Waals surface area (Å²) in [4.78, 5) is 38.9. The van der Waals surface area contributed by atoms with E-state index in [0.29, 0.717) is 29.9 Å². The first-order chi connectivity index (χ1) is 16.6. The van der Waals surface area contributed by atoms with E-state index in [1.54, 1.807) is 19.1 Å². The number of hydrogen-bond donors (Lipinski definition) is 3. The standard InChI is InChI=1S/C24H25F3N4O4/c1-4-13-31-14(2)19(21(32)35-3)20(30-23(31)34)15-9-11-16(12-10-15)28-22(33)29-18-8-6-5-7-17(18)24(25,26)27/h5-12,20H,4,13H2,1-3H3,(H,30,34)(H2,28,29,33). The van der Waals surface area contributed by atoms with Gasteiger partial charge in [-0.3, -0.25) is 4.90 Å². The largest absolute Gasteiger partial charge is 0.466 e. The number of carbonyl (C=O) groups excluding carboxylic acids is 3. The maximum atomic E-state index is 13.1. The molecule has 1 aliphatic heterocycles. The lowest BCUT2D eigenvalue weighted by atomic mass is 9.94. The van der Waals surface area contributed by atoms with Crippen molar-refractivity contribution < 1.29 is 32.3 Å². The van der Waals surface area contributed by atoms with Crippen LogP contribution in [-0.4, -0.2) is 36.6 Å². The van der Waals surface area contributed by atoms with Crippen LogP contribution < -0.4 is 16.0 Å². The third kappa shape index (κ3) is 5.73. The molecule has 1 atom stereocenters. The van der Waals surface area contributed by atoms with Gasteiger partial charge in [-0.1, -0.05) is 31.2 Å². The molecule has 0 bridgehead atoms. The Labute approximate surface area is 200 Å². The highest BCUT2D eigenvalue weighted by atomic mass is 19.4. The van der Waals surface area contributed by atoms with E-state index in [4.69, 9.17) is 4.74 Å². The molecule has 3 rings (SSSR count). The van der Waals surface area contributed by atoms with Gasteiger partial charge < -0.3 is 20.7 Å². The first-order valence-electron chi connectivity index (χ1n) is 10.8. The van der Waals surface area contributed by atoms with Gasteiger partial charge in [0.1, 0.15) is 0 Å². The maximum absolute atomic E-state index is 13.1. The van der Waals surface area contributed by atoms with Crippen LogP contribution in [0.3, 0.4) is 0 Å². The first kappa shape index (κ1) is 25.6. The van der Waals surface area contributed by atoms with Gasteiger partial charge in [0.2, 0.25) is 0 Å². The third-order valence-corrected chi connectivity index (χ3v) is 5.43. The molecule has 0 radical (unpaired) electrons. The number of anilines is 2. The predicted octanol–water partition coefficient (Wildman–Crippen LogP) is 5.27. The lowest BCUT2D eigenvalue weighted by Gasteiger charge is -2.35. The van der Waals surface area contributed by atoms with E-state index < -0.39 is 29.8 Å². The van der Waals surface area contributed by atoms with Gasteiger partial charge in [0, 0.05) is 17.9 Å². The minimum atomic E-state index is -4.62. The number of benzene rings is 2. The third-order valence-electron chi connectivity index (χ3n) is 5.43. The number of halogens is 3. The number of esters is 1. The topological polar surface area (TPSA) is 99.8 Å². The van der Waals surface area contributed by atoms with Crippen molar-refractivity contribution in [2.24, 2.45) is 0 Å². The molecule has 4 amide bonds. The van der Waals surface area contributed by atoms with E-state index in [0.717, 1.165) is 12.1 Å². The summed E-state index contributed by atoms with van der Waals surface area (Å²) in [6.07, 6.45) is -3.93. The van der Waals surface area contributed by atoms with Gasteiger partial charge in [-0.25, -0.2) is 14.4 Å². The molecular weight excluding hydrogens is 465 g/mol. The Morgan fingerprint density at radius 3 is 2.34 bits per heavy atom. The molecule has 0 fully saturated rings. The molecule has 0 saturated heterocycles. The highest BCUT2D eigenvalue weighted by molar-refractivity contribution is 6.00. The van der Waals surface area contributed by atoms with Crippen LogP contribution >= 0.6 is 0 Å². The molecule has 0 saturated carbocycles. The second-order valence-corrected chi connectivity index (χ2v) is 7.77. The molecule has 0 aromatic heterocycles. The number of amides is 4. The molecular formula is C24H25F3N4O4. The average molecular weight is 490 g/mol. The van der Waals surface area contributed by atoms with Gasteiger partial charge in [0.15, 0.2) is 0 Å². The molecule has 8 nitrogen and oxygen atoms in total. The minimum absolute atomic E-state index is 0.280. The van der Waals surface area contributed by atoms with Gasteiger partial charge in [0.05, 0.1) is 30.0 Å². The SMILES string of the molecule is CCCN1C(=O)NC(c2ccc(NC(=O)Nc3ccccc3C(F)(F)F)cc2)C(C(=O)OC)=C1C. The highest BCUT2D eigenvalue weighted by Gasteiger charge is 2.36. The van der Waals surface area contributed by atoms with Gasteiger partial charge in [-0.15, -0.1) is 0 Å².